The zero-order valence-electron chi connectivity index (χ0n) is 12.7. The van der Waals surface area contributed by atoms with Gasteiger partial charge in [0.25, 0.3) is 0 Å². The largest absolute Gasteiger partial charge is 0.353 e. The summed E-state index contributed by atoms with van der Waals surface area (Å²) in [6.45, 7) is 7.81. The molecule has 0 unspecified atom stereocenters. The summed E-state index contributed by atoms with van der Waals surface area (Å²) in [5.74, 6) is -0.611. The van der Waals surface area contributed by atoms with Crippen molar-refractivity contribution in [3.63, 3.8) is 0 Å². The molecule has 0 amide bonds. The van der Waals surface area contributed by atoms with Crippen LogP contribution in [0.5, 0.6) is 0 Å². The standard InChI is InChI=1S/C11H24O7P2/c1-6-15-19(13,16-7-2)11(10(5)12)20(14,17-8-3)18-9-4/h11H,6-9H2,1-5H3. The van der Waals surface area contributed by atoms with E-state index in [0.29, 0.717) is 0 Å². The lowest BCUT2D eigenvalue weighted by Gasteiger charge is -2.29. The van der Waals surface area contributed by atoms with Crippen molar-refractivity contribution in [2.45, 2.75) is 40.0 Å². The molecule has 0 N–H and O–H groups in total. The normalized spacial score (nSPS) is 12.9. The van der Waals surface area contributed by atoms with Crippen LogP contribution in [0.2, 0.25) is 0 Å². The van der Waals surface area contributed by atoms with Gasteiger partial charge in [-0.15, -0.1) is 0 Å². The van der Waals surface area contributed by atoms with E-state index in [-0.39, 0.29) is 26.4 Å². The Kier molecular flexibility index (Phi) is 9.07. The van der Waals surface area contributed by atoms with Crippen LogP contribution in [0.3, 0.4) is 0 Å². The summed E-state index contributed by atoms with van der Waals surface area (Å²) in [6, 6.07) is 0. The summed E-state index contributed by atoms with van der Waals surface area (Å²) in [7, 11) is -7.86. The summed E-state index contributed by atoms with van der Waals surface area (Å²) < 4.78 is 46.0. The smallest absolute Gasteiger partial charge is 0.308 e. The average molecular weight is 330 g/mol. The second kappa shape index (κ2) is 9.08. The summed E-state index contributed by atoms with van der Waals surface area (Å²) in [4.78, 5) is 11.9. The zero-order valence-corrected chi connectivity index (χ0v) is 14.4. The molecule has 0 aliphatic rings. The Hall–Kier alpha value is -0.0300. The van der Waals surface area contributed by atoms with Crippen molar-refractivity contribution in [1.29, 1.82) is 0 Å². The lowest BCUT2D eigenvalue weighted by atomic mass is 10.5. The fourth-order valence-corrected chi connectivity index (χ4v) is 6.92. The third kappa shape index (κ3) is 5.06. The minimum Gasteiger partial charge on any atom is -0.308 e. The van der Waals surface area contributed by atoms with E-state index in [1.54, 1.807) is 27.7 Å². The van der Waals surface area contributed by atoms with Crippen LogP contribution < -0.4 is 0 Å². The molecule has 0 saturated carbocycles. The molecule has 0 aromatic heterocycles. The maximum Gasteiger partial charge on any atom is 0.353 e. The number of hydrogen-bond acceptors (Lipinski definition) is 7. The molecule has 0 atom stereocenters. The van der Waals surface area contributed by atoms with E-state index < -0.39 is 26.4 Å². The van der Waals surface area contributed by atoms with Gasteiger partial charge in [0.15, 0.2) is 5.78 Å². The van der Waals surface area contributed by atoms with Crippen molar-refractivity contribution in [2.75, 3.05) is 26.4 Å². The number of carbonyl (C=O) groups excluding carboxylic acids is 1. The molecule has 0 aliphatic heterocycles. The van der Waals surface area contributed by atoms with E-state index in [1.165, 1.54) is 6.92 Å². The Morgan fingerprint density at radius 1 is 0.800 bits per heavy atom. The second-order valence-electron chi connectivity index (χ2n) is 3.74. The Bertz CT molecular complexity index is 346. The molecule has 0 heterocycles. The molecule has 0 saturated heterocycles. The van der Waals surface area contributed by atoms with Gasteiger partial charge in [-0.3, -0.25) is 13.9 Å². The molecule has 9 heteroatoms. The van der Waals surface area contributed by atoms with Gasteiger partial charge >= 0.3 is 15.2 Å². The van der Waals surface area contributed by atoms with Gasteiger partial charge in [-0.25, -0.2) is 0 Å². The Morgan fingerprint density at radius 3 is 1.20 bits per heavy atom. The lowest BCUT2D eigenvalue weighted by Crippen LogP contribution is -2.24. The van der Waals surface area contributed by atoms with Crippen LogP contribution in [0.25, 0.3) is 0 Å². The van der Waals surface area contributed by atoms with Gasteiger partial charge in [0.2, 0.25) is 5.40 Å². The van der Waals surface area contributed by atoms with E-state index in [2.05, 4.69) is 0 Å². The first-order valence-electron chi connectivity index (χ1n) is 6.59. The highest BCUT2D eigenvalue weighted by Crippen LogP contribution is 2.70. The third-order valence-corrected chi connectivity index (χ3v) is 8.29. The number of ketones is 1. The van der Waals surface area contributed by atoms with Gasteiger partial charge in [-0.1, -0.05) is 0 Å². The van der Waals surface area contributed by atoms with Gasteiger partial charge in [-0.05, 0) is 34.6 Å². The number of hydrogen-bond donors (Lipinski definition) is 0. The van der Waals surface area contributed by atoms with Crippen molar-refractivity contribution in [1.82, 2.24) is 0 Å². The molecule has 0 spiro atoms. The summed E-state index contributed by atoms with van der Waals surface area (Å²) in [6.07, 6.45) is 0. The van der Waals surface area contributed by atoms with Crippen LogP contribution in [-0.4, -0.2) is 37.6 Å². The monoisotopic (exact) mass is 330 g/mol. The van der Waals surface area contributed by atoms with Crippen molar-refractivity contribution in [3.8, 4) is 0 Å². The fourth-order valence-electron chi connectivity index (χ4n) is 1.70. The highest BCUT2D eigenvalue weighted by molar-refractivity contribution is 7.74. The Balaban J connectivity index is 5.74. The summed E-state index contributed by atoms with van der Waals surface area (Å²) in [5.41, 5.74) is 0. The average Bonchev–Trinajstić information content (AvgIpc) is 2.28. The van der Waals surface area contributed by atoms with Crippen LogP contribution in [-0.2, 0) is 32.0 Å². The van der Waals surface area contributed by atoms with Gasteiger partial charge in [0.1, 0.15) is 0 Å². The minimum absolute atomic E-state index is 0.0549. The zero-order chi connectivity index (χ0) is 15.8. The molecule has 20 heavy (non-hydrogen) atoms. The van der Waals surface area contributed by atoms with Gasteiger partial charge in [0, 0.05) is 0 Å². The van der Waals surface area contributed by atoms with E-state index in [0.717, 1.165) is 0 Å². The van der Waals surface area contributed by atoms with Crippen LogP contribution in [0, 0.1) is 0 Å². The SMILES string of the molecule is CCOP(=O)(OCC)C(C(C)=O)P(=O)(OCC)OCC. The summed E-state index contributed by atoms with van der Waals surface area (Å²) in [5, 5.41) is -1.56. The van der Waals surface area contributed by atoms with Gasteiger partial charge in [0.05, 0.1) is 26.4 Å². The maximum atomic E-state index is 12.8. The molecule has 0 fully saturated rings. The Morgan fingerprint density at radius 2 is 1.05 bits per heavy atom. The minimum atomic E-state index is -3.93. The number of rotatable bonds is 11. The van der Waals surface area contributed by atoms with Crippen LogP contribution in [0.1, 0.15) is 34.6 Å². The third-order valence-electron chi connectivity index (χ3n) is 2.20. The highest BCUT2D eigenvalue weighted by Gasteiger charge is 2.53. The van der Waals surface area contributed by atoms with Gasteiger partial charge in [-0.2, -0.15) is 0 Å². The van der Waals surface area contributed by atoms with E-state index in [4.69, 9.17) is 18.1 Å². The molecule has 0 aromatic carbocycles. The first kappa shape index (κ1) is 20.0. The molecule has 0 radical (unpaired) electrons. The maximum absolute atomic E-state index is 12.8. The predicted octanol–water partition coefficient (Wildman–Crippen LogP) is 3.43. The van der Waals surface area contributed by atoms with E-state index >= 15 is 0 Å². The van der Waals surface area contributed by atoms with E-state index in [9.17, 15) is 13.9 Å². The molecular formula is C11H24O7P2. The van der Waals surface area contributed by atoms with Crippen molar-refractivity contribution in [2.24, 2.45) is 0 Å². The molecular weight excluding hydrogens is 306 g/mol. The first-order chi connectivity index (χ1) is 9.31. The highest BCUT2D eigenvalue weighted by atomic mass is 31.2. The van der Waals surface area contributed by atoms with Crippen LogP contribution in [0.4, 0.5) is 0 Å². The van der Waals surface area contributed by atoms with Crippen molar-refractivity contribution < 1.29 is 32.0 Å². The van der Waals surface area contributed by atoms with Crippen LogP contribution in [0.15, 0.2) is 0 Å². The lowest BCUT2D eigenvalue weighted by molar-refractivity contribution is -0.116. The molecule has 0 aromatic rings. The second-order valence-corrected chi connectivity index (χ2v) is 8.37. The van der Waals surface area contributed by atoms with Gasteiger partial charge < -0.3 is 18.1 Å². The quantitative estimate of drug-likeness (QED) is 0.536. The predicted molar refractivity (Wildman–Crippen MR) is 76.2 cm³/mol. The Labute approximate surface area is 120 Å². The van der Waals surface area contributed by atoms with Crippen LogP contribution >= 0.6 is 15.2 Å². The fraction of sp³-hybridized carbons (Fsp3) is 0.909. The molecule has 0 rings (SSSR count). The van der Waals surface area contributed by atoms with Crippen molar-refractivity contribution >= 4 is 21.0 Å². The molecule has 7 nitrogen and oxygen atoms in total. The summed E-state index contributed by atoms with van der Waals surface area (Å²) >= 11 is 0. The molecule has 120 valence electrons. The van der Waals surface area contributed by atoms with Crippen molar-refractivity contribution in [3.05, 3.63) is 0 Å². The number of carbonyl (C=O) groups is 1. The molecule has 0 bridgehead atoms. The molecule has 0 aliphatic carbocycles. The van der Waals surface area contributed by atoms with E-state index in [1.807, 2.05) is 0 Å². The topological polar surface area (TPSA) is 88.1 Å². The number of Topliss-reactive ketones (excluding diaryl/α,β-unsaturated/α-hetero) is 1. The first-order valence-corrected chi connectivity index (χ1v) is 9.81.